The molecule has 28 heavy (non-hydrogen) atoms. The van der Waals surface area contributed by atoms with Gasteiger partial charge in [0.05, 0.1) is 0 Å². The van der Waals surface area contributed by atoms with E-state index in [9.17, 15) is 0 Å². The Labute approximate surface area is 172 Å². The zero-order valence-corrected chi connectivity index (χ0v) is 17.7. The molecule has 1 saturated carbocycles. The second-order valence-electron chi connectivity index (χ2n) is 10.0. The maximum atomic E-state index is 2.77. The number of hydrogen-bond acceptors (Lipinski definition) is 3. The second-order valence-corrected chi connectivity index (χ2v) is 10.0. The Bertz CT molecular complexity index is 601. The summed E-state index contributed by atoms with van der Waals surface area (Å²) >= 11 is 0. The van der Waals surface area contributed by atoms with Gasteiger partial charge in [-0.25, -0.2) is 0 Å². The SMILES string of the molecule is c1cc(C2CC(CN3CCC(N4CCCC4)CC3)C2)ccc1CN1CCCC1. The van der Waals surface area contributed by atoms with Crippen LogP contribution in [0.2, 0.25) is 0 Å². The fourth-order valence-corrected chi connectivity index (χ4v) is 6.19. The van der Waals surface area contributed by atoms with Crippen LogP contribution in [0.4, 0.5) is 0 Å². The fraction of sp³-hybridized carbons (Fsp3) is 0.760. The van der Waals surface area contributed by atoms with Crippen molar-refractivity contribution in [2.75, 3.05) is 45.8 Å². The average molecular weight is 382 g/mol. The molecule has 0 unspecified atom stereocenters. The largest absolute Gasteiger partial charge is 0.303 e. The molecule has 4 fully saturated rings. The summed E-state index contributed by atoms with van der Waals surface area (Å²) in [5, 5.41) is 0. The quantitative estimate of drug-likeness (QED) is 0.726. The van der Waals surface area contributed by atoms with Gasteiger partial charge in [-0.05, 0) is 114 Å². The van der Waals surface area contributed by atoms with Crippen LogP contribution in [0.15, 0.2) is 24.3 Å². The molecule has 4 aliphatic rings. The zero-order chi connectivity index (χ0) is 18.8. The smallest absolute Gasteiger partial charge is 0.0233 e. The van der Waals surface area contributed by atoms with Gasteiger partial charge in [0.1, 0.15) is 0 Å². The standard InChI is InChI=1S/C25H39N3/c1-2-12-26(11-1)19-21-5-7-23(8-6-21)24-17-22(18-24)20-27-15-9-25(10-16-27)28-13-3-4-14-28/h5-8,22,24-25H,1-4,9-20H2. The first-order valence-electron chi connectivity index (χ1n) is 12.1. The van der Waals surface area contributed by atoms with Crippen molar-refractivity contribution in [2.24, 2.45) is 5.92 Å². The van der Waals surface area contributed by atoms with Crippen LogP contribution in [0, 0.1) is 5.92 Å². The number of nitrogens with zero attached hydrogens (tertiary/aromatic N) is 3. The lowest BCUT2D eigenvalue weighted by molar-refractivity contribution is 0.0939. The van der Waals surface area contributed by atoms with Crippen molar-refractivity contribution in [2.45, 2.75) is 69.9 Å². The number of piperidine rings is 1. The lowest BCUT2D eigenvalue weighted by atomic mass is 9.71. The Morgan fingerprint density at radius 3 is 2.04 bits per heavy atom. The molecular weight excluding hydrogens is 342 g/mol. The first kappa shape index (κ1) is 19.1. The predicted molar refractivity (Wildman–Crippen MR) is 117 cm³/mol. The van der Waals surface area contributed by atoms with Crippen LogP contribution in [0.25, 0.3) is 0 Å². The summed E-state index contributed by atoms with van der Waals surface area (Å²) in [6.07, 6.45) is 11.3. The van der Waals surface area contributed by atoms with E-state index in [1.54, 1.807) is 5.56 Å². The van der Waals surface area contributed by atoms with Gasteiger partial charge in [-0.2, -0.15) is 0 Å². The maximum absolute atomic E-state index is 2.77. The summed E-state index contributed by atoms with van der Waals surface area (Å²) in [4.78, 5) is 8.14. The molecule has 0 aromatic heterocycles. The lowest BCUT2D eigenvalue weighted by Gasteiger charge is -2.42. The molecule has 5 rings (SSSR count). The normalized spacial score (nSPS) is 30.7. The van der Waals surface area contributed by atoms with Crippen LogP contribution in [0.1, 0.15) is 68.4 Å². The molecule has 0 amide bonds. The number of hydrogen-bond donors (Lipinski definition) is 0. The Morgan fingerprint density at radius 1 is 0.714 bits per heavy atom. The molecule has 3 nitrogen and oxygen atoms in total. The van der Waals surface area contributed by atoms with E-state index in [1.165, 1.54) is 103 Å². The highest BCUT2D eigenvalue weighted by atomic mass is 15.2. The van der Waals surface area contributed by atoms with Crippen molar-refractivity contribution in [1.29, 1.82) is 0 Å². The first-order valence-corrected chi connectivity index (χ1v) is 12.1. The molecule has 0 bridgehead atoms. The zero-order valence-electron chi connectivity index (χ0n) is 17.7. The van der Waals surface area contributed by atoms with Crippen molar-refractivity contribution < 1.29 is 0 Å². The summed E-state index contributed by atoms with van der Waals surface area (Å²) in [7, 11) is 0. The summed E-state index contributed by atoms with van der Waals surface area (Å²) in [5.41, 5.74) is 3.09. The average Bonchev–Trinajstić information content (AvgIpc) is 3.40. The van der Waals surface area contributed by atoms with Gasteiger partial charge in [-0.1, -0.05) is 24.3 Å². The maximum Gasteiger partial charge on any atom is 0.0233 e. The van der Waals surface area contributed by atoms with Crippen molar-refractivity contribution in [3.63, 3.8) is 0 Å². The van der Waals surface area contributed by atoms with Gasteiger partial charge in [-0.15, -0.1) is 0 Å². The Morgan fingerprint density at radius 2 is 1.36 bits per heavy atom. The minimum Gasteiger partial charge on any atom is -0.303 e. The first-order chi connectivity index (χ1) is 13.8. The monoisotopic (exact) mass is 381 g/mol. The summed E-state index contributed by atoms with van der Waals surface area (Å²) < 4.78 is 0. The van der Waals surface area contributed by atoms with Crippen LogP contribution in [-0.4, -0.2) is 66.6 Å². The van der Waals surface area contributed by atoms with Crippen molar-refractivity contribution in [3.05, 3.63) is 35.4 Å². The highest BCUT2D eigenvalue weighted by molar-refractivity contribution is 5.27. The third kappa shape index (κ3) is 4.47. The Kier molecular flexibility index (Phi) is 6.03. The van der Waals surface area contributed by atoms with Gasteiger partial charge < -0.3 is 9.80 Å². The minimum absolute atomic E-state index is 0.827. The molecule has 3 heterocycles. The van der Waals surface area contributed by atoms with E-state index in [0.29, 0.717) is 0 Å². The topological polar surface area (TPSA) is 9.72 Å². The number of rotatable bonds is 6. The molecule has 3 saturated heterocycles. The molecule has 0 N–H and O–H groups in total. The highest BCUT2D eigenvalue weighted by Crippen LogP contribution is 2.42. The van der Waals surface area contributed by atoms with Gasteiger partial charge in [-0.3, -0.25) is 4.90 Å². The Balaban J connectivity index is 1.03. The van der Waals surface area contributed by atoms with E-state index in [2.05, 4.69) is 39.0 Å². The van der Waals surface area contributed by atoms with Gasteiger partial charge in [0.2, 0.25) is 0 Å². The Hall–Kier alpha value is -0.900. The predicted octanol–water partition coefficient (Wildman–Crippen LogP) is 4.34. The molecule has 1 aromatic carbocycles. The van der Waals surface area contributed by atoms with Crippen molar-refractivity contribution >= 4 is 0 Å². The molecule has 0 atom stereocenters. The number of likely N-dealkylation sites (tertiary alicyclic amines) is 3. The van der Waals surface area contributed by atoms with Gasteiger partial charge in [0, 0.05) is 19.1 Å². The van der Waals surface area contributed by atoms with E-state index in [-0.39, 0.29) is 0 Å². The van der Waals surface area contributed by atoms with Crippen LogP contribution in [-0.2, 0) is 6.54 Å². The summed E-state index contributed by atoms with van der Waals surface area (Å²) in [5.74, 6) is 1.77. The van der Waals surface area contributed by atoms with Gasteiger partial charge in [0.15, 0.2) is 0 Å². The van der Waals surface area contributed by atoms with Gasteiger partial charge in [0.25, 0.3) is 0 Å². The molecular formula is C25H39N3. The molecule has 154 valence electrons. The minimum atomic E-state index is 0.827. The molecule has 1 aromatic rings. The third-order valence-electron chi connectivity index (χ3n) is 8.02. The van der Waals surface area contributed by atoms with Crippen molar-refractivity contribution in [3.8, 4) is 0 Å². The van der Waals surface area contributed by atoms with Gasteiger partial charge >= 0.3 is 0 Å². The molecule has 3 heteroatoms. The van der Waals surface area contributed by atoms with Crippen molar-refractivity contribution in [1.82, 2.24) is 14.7 Å². The number of benzene rings is 1. The van der Waals surface area contributed by atoms with E-state index in [1.807, 2.05) is 0 Å². The highest BCUT2D eigenvalue weighted by Gasteiger charge is 2.33. The van der Waals surface area contributed by atoms with E-state index >= 15 is 0 Å². The third-order valence-corrected chi connectivity index (χ3v) is 8.02. The van der Waals surface area contributed by atoms with E-state index in [0.717, 1.165) is 24.4 Å². The van der Waals surface area contributed by atoms with Crippen LogP contribution >= 0.6 is 0 Å². The van der Waals surface area contributed by atoms with Crippen LogP contribution in [0.3, 0.4) is 0 Å². The molecule has 0 radical (unpaired) electrons. The second kappa shape index (κ2) is 8.85. The summed E-state index contributed by atoms with van der Waals surface area (Å²) in [6.45, 7) is 10.5. The van der Waals surface area contributed by atoms with Crippen LogP contribution < -0.4 is 0 Å². The fourth-order valence-electron chi connectivity index (χ4n) is 6.19. The molecule has 0 spiro atoms. The van der Waals surface area contributed by atoms with Crippen LogP contribution in [0.5, 0.6) is 0 Å². The van der Waals surface area contributed by atoms with E-state index in [4.69, 9.17) is 0 Å². The van der Waals surface area contributed by atoms with E-state index < -0.39 is 0 Å². The molecule has 3 aliphatic heterocycles. The summed E-state index contributed by atoms with van der Waals surface area (Å²) in [6, 6.07) is 10.5. The molecule has 1 aliphatic carbocycles. The lowest BCUT2D eigenvalue weighted by Crippen LogP contribution is -2.46.